The fourth-order valence-corrected chi connectivity index (χ4v) is 2.55. The van der Waals surface area contributed by atoms with Crippen LogP contribution in [0.2, 0.25) is 0 Å². The molecule has 0 aliphatic rings. The summed E-state index contributed by atoms with van der Waals surface area (Å²) in [6.45, 7) is 3.71. The van der Waals surface area contributed by atoms with Crippen molar-refractivity contribution in [2.45, 2.75) is 6.42 Å². The van der Waals surface area contributed by atoms with E-state index in [9.17, 15) is 9.59 Å². The number of hydrogen-bond acceptors (Lipinski definition) is 3. The maximum absolute atomic E-state index is 12.7. The third-order valence-electron chi connectivity index (χ3n) is 3.71. The third-order valence-corrected chi connectivity index (χ3v) is 3.71. The summed E-state index contributed by atoms with van der Waals surface area (Å²) in [7, 11) is 0. The normalized spacial score (nSPS) is 10.5. The van der Waals surface area contributed by atoms with Crippen LogP contribution in [0.5, 0.6) is 0 Å². The summed E-state index contributed by atoms with van der Waals surface area (Å²) in [5, 5.41) is 0.947. The number of carbonyl (C=O) groups excluding carboxylic acids is 2. The molecule has 24 heavy (non-hydrogen) atoms. The molecular formula is C20H17NO3. The minimum absolute atomic E-state index is 0.100. The van der Waals surface area contributed by atoms with Gasteiger partial charge in [-0.3, -0.25) is 14.2 Å². The summed E-state index contributed by atoms with van der Waals surface area (Å²) in [5.74, 6) is -0.418. The first-order valence-electron chi connectivity index (χ1n) is 7.65. The van der Waals surface area contributed by atoms with Crippen LogP contribution in [0.3, 0.4) is 0 Å². The Bertz CT molecular complexity index is 894. The Labute approximate surface area is 140 Å². The van der Waals surface area contributed by atoms with E-state index in [-0.39, 0.29) is 24.9 Å². The van der Waals surface area contributed by atoms with Crippen molar-refractivity contribution in [2.75, 3.05) is 6.61 Å². The van der Waals surface area contributed by atoms with Crippen molar-refractivity contribution < 1.29 is 14.3 Å². The van der Waals surface area contributed by atoms with E-state index in [1.165, 1.54) is 6.08 Å². The van der Waals surface area contributed by atoms with Gasteiger partial charge in [-0.05, 0) is 29.8 Å². The summed E-state index contributed by atoms with van der Waals surface area (Å²) < 4.78 is 6.61. The topological polar surface area (TPSA) is 48.3 Å². The van der Waals surface area contributed by atoms with Gasteiger partial charge in [-0.25, -0.2) is 0 Å². The summed E-state index contributed by atoms with van der Waals surface area (Å²) in [6.07, 6.45) is 3.44. The summed E-state index contributed by atoms with van der Waals surface area (Å²) in [5.41, 5.74) is 2.20. The molecule has 4 heteroatoms. The lowest BCUT2D eigenvalue weighted by atomic mass is 10.1. The Balaban J connectivity index is 1.90. The van der Waals surface area contributed by atoms with Crippen LogP contribution in [0.1, 0.15) is 15.9 Å². The number of fused-ring (bicyclic) bond motifs is 1. The Morgan fingerprint density at radius 2 is 1.88 bits per heavy atom. The van der Waals surface area contributed by atoms with Gasteiger partial charge in [0.05, 0.1) is 11.9 Å². The van der Waals surface area contributed by atoms with Gasteiger partial charge in [0.2, 0.25) is 0 Å². The molecule has 0 aliphatic carbocycles. The Hall–Kier alpha value is -3.14. The van der Waals surface area contributed by atoms with E-state index in [1.54, 1.807) is 22.9 Å². The maximum Gasteiger partial charge on any atom is 0.310 e. The highest BCUT2D eigenvalue weighted by Crippen LogP contribution is 2.20. The number of carbonyl (C=O) groups is 2. The van der Waals surface area contributed by atoms with Crippen LogP contribution in [0.4, 0.5) is 0 Å². The predicted molar refractivity (Wildman–Crippen MR) is 93.0 cm³/mol. The lowest BCUT2D eigenvalue weighted by Gasteiger charge is -2.06. The highest BCUT2D eigenvalue weighted by atomic mass is 16.5. The minimum atomic E-state index is -0.318. The van der Waals surface area contributed by atoms with Gasteiger partial charge in [0.25, 0.3) is 5.91 Å². The minimum Gasteiger partial charge on any atom is -0.461 e. The average molecular weight is 319 g/mol. The molecule has 0 N–H and O–H groups in total. The van der Waals surface area contributed by atoms with Crippen LogP contribution in [0.15, 0.2) is 73.4 Å². The fraction of sp³-hybridized carbons (Fsp3) is 0.100. The smallest absolute Gasteiger partial charge is 0.310 e. The second-order valence-corrected chi connectivity index (χ2v) is 5.40. The molecule has 0 bridgehead atoms. The second kappa shape index (κ2) is 6.96. The van der Waals surface area contributed by atoms with Crippen LogP contribution in [-0.2, 0) is 16.0 Å². The van der Waals surface area contributed by atoms with Gasteiger partial charge in [0.1, 0.15) is 6.61 Å². The predicted octanol–water partition coefficient (Wildman–Crippen LogP) is 3.60. The summed E-state index contributed by atoms with van der Waals surface area (Å²) >= 11 is 0. The van der Waals surface area contributed by atoms with Gasteiger partial charge < -0.3 is 4.74 Å². The molecular weight excluding hydrogens is 302 g/mol. The van der Waals surface area contributed by atoms with Crippen molar-refractivity contribution in [2.24, 2.45) is 0 Å². The summed E-state index contributed by atoms with van der Waals surface area (Å²) in [6, 6.07) is 16.6. The molecule has 0 radical (unpaired) electrons. The van der Waals surface area contributed by atoms with E-state index in [4.69, 9.17) is 4.74 Å². The molecule has 4 nitrogen and oxygen atoms in total. The van der Waals surface area contributed by atoms with Gasteiger partial charge in [0, 0.05) is 17.1 Å². The van der Waals surface area contributed by atoms with Crippen LogP contribution in [-0.4, -0.2) is 23.1 Å². The molecule has 0 unspecified atom stereocenters. The molecule has 0 amide bonds. The number of benzene rings is 2. The molecule has 0 saturated heterocycles. The third kappa shape index (κ3) is 3.27. The first-order chi connectivity index (χ1) is 11.7. The zero-order chi connectivity index (χ0) is 16.9. The molecule has 0 saturated carbocycles. The quantitative estimate of drug-likeness (QED) is 0.533. The highest BCUT2D eigenvalue weighted by Gasteiger charge is 2.12. The lowest BCUT2D eigenvalue weighted by molar-refractivity contribution is -0.141. The lowest BCUT2D eigenvalue weighted by Crippen LogP contribution is -2.11. The Kier molecular flexibility index (Phi) is 4.57. The molecule has 0 atom stereocenters. The molecule has 3 rings (SSSR count). The van der Waals surface area contributed by atoms with E-state index in [0.717, 1.165) is 16.5 Å². The molecule has 2 aromatic carbocycles. The zero-order valence-corrected chi connectivity index (χ0v) is 13.1. The zero-order valence-electron chi connectivity index (χ0n) is 13.1. The molecule has 1 aromatic heterocycles. The number of ether oxygens (including phenoxy) is 1. The first-order valence-corrected chi connectivity index (χ1v) is 7.65. The van der Waals surface area contributed by atoms with E-state index in [1.807, 2.05) is 42.5 Å². The van der Waals surface area contributed by atoms with Crippen molar-refractivity contribution in [1.82, 2.24) is 4.57 Å². The first kappa shape index (κ1) is 15.7. The molecule has 3 aromatic rings. The number of aromatic nitrogens is 1. The number of esters is 1. The molecule has 120 valence electrons. The van der Waals surface area contributed by atoms with Gasteiger partial charge in [-0.15, -0.1) is 0 Å². The molecule has 0 aliphatic heterocycles. The molecule has 0 fully saturated rings. The molecule has 0 spiro atoms. The van der Waals surface area contributed by atoms with E-state index >= 15 is 0 Å². The van der Waals surface area contributed by atoms with Gasteiger partial charge >= 0.3 is 5.97 Å². The van der Waals surface area contributed by atoms with Gasteiger partial charge in [0.15, 0.2) is 0 Å². The van der Waals surface area contributed by atoms with Crippen molar-refractivity contribution in [1.29, 1.82) is 0 Å². The van der Waals surface area contributed by atoms with Crippen molar-refractivity contribution >= 4 is 22.8 Å². The summed E-state index contributed by atoms with van der Waals surface area (Å²) in [4.78, 5) is 24.4. The van der Waals surface area contributed by atoms with E-state index in [0.29, 0.717) is 5.56 Å². The number of rotatable bonds is 5. The largest absolute Gasteiger partial charge is 0.461 e. The second-order valence-electron chi connectivity index (χ2n) is 5.40. The highest BCUT2D eigenvalue weighted by molar-refractivity contribution is 6.02. The van der Waals surface area contributed by atoms with Crippen LogP contribution in [0.25, 0.3) is 10.9 Å². The number of hydrogen-bond donors (Lipinski definition) is 0. The van der Waals surface area contributed by atoms with Crippen molar-refractivity contribution in [3.05, 3.63) is 84.6 Å². The van der Waals surface area contributed by atoms with Gasteiger partial charge in [-0.2, -0.15) is 0 Å². The van der Waals surface area contributed by atoms with E-state index in [2.05, 4.69) is 6.58 Å². The van der Waals surface area contributed by atoms with Crippen LogP contribution >= 0.6 is 0 Å². The number of nitrogens with zero attached hydrogens (tertiary/aromatic N) is 1. The van der Waals surface area contributed by atoms with Crippen molar-refractivity contribution in [3.63, 3.8) is 0 Å². The average Bonchev–Trinajstić information content (AvgIpc) is 3.03. The maximum atomic E-state index is 12.7. The fourth-order valence-electron chi connectivity index (χ4n) is 2.55. The Morgan fingerprint density at radius 3 is 2.62 bits per heavy atom. The van der Waals surface area contributed by atoms with Gasteiger partial charge in [-0.1, -0.05) is 43.0 Å². The van der Waals surface area contributed by atoms with Crippen molar-refractivity contribution in [3.8, 4) is 0 Å². The molecule has 1 heterocycles. The van der Waals surface area contributed by atoms with E-state index < -0.39 is 0 Å². The van der Waals surface area contributed by atoms with Crippen LogP contribution < -0.4 is 0 Å². The standard InChI is InChI=1S/C20H17NO3/c1-2-12-24-19(22)14-15-8-9-16-10-11-21(18(16)13-15)20(23)17-6-4-3-5-7-17/h2-11,13H,1,12,14H2. The Morgan fingerprint density at radius 1 is 1.08 bits per heavy atom. The monoisotopic (exact) mass is 319 g/mol. The SMILES string of the molecule is C=CCOC(=O)Cc1ccc2ccn(C(=O)c3ccccc3)c2c1. The van der Waals surface area contributed by atoms with Crippen LogP contribution in [0, 0.1) is 0 Å².